The topological polar surface area (TPSA) is 93.4 Å². The van der Waals surface area contributed by atoms with Crippen molar-refractivity contribution in [3.63, 3.8) is 0 Å². The molecule has 1 aromatic heterocycles. The fraction of sp³-hybridized carbons (Fsp3) is 0.136. The van der Waals surface area contributed by atoms with Gasteiger partial charge in [-0.2, -0.15) is 0 Å². The van der Waals surface area contributed by atoms with E-state index in [1.54, 1.807) is 31.2 Å². The van der Waals surface area contributed by atoms with Crippen molar-refractivity contribution in [3.8, 4) is 0 Å². The molecule has 154 valence electrons. The van der Waals surface area contributed by atoms with E-state index in [1.165, 1.54) is 11.3 Å². The van der Waals surface area contributed by atoms with Crippen molar-refractivity contribution in [1.29, 1.82) is 0 Å². The molecule has 1 heterocycles. The Morgan fingerprint density at radius 2 is 1.77 bits per heavy atom. The lowest BCUT2D eigenvalue weighted by Crippen LogP contribution is -2.20. The Morgan fingerprint density at radius 1 is 1.07 bits per heavy atom. The molecule has 0 aliphatic carbocycles. The van der Waals surface area contributed by atoms with Crippen molar-refractivity contribution in [2.24, 2.45) is 5.73 Å². The second-order valence-electron chi connectivity index (χ2n) is 6.36. The van der Waals surface area contributed by atoms with E-state index >= 15 is 0 Å². The first-order valence-electron chi connectivity index (χ1n) is 9.28. The molecule has 3 aromatic rings. The van der Waals surface area contributed by atoms with Crippen LogP contribution < -0.4 is 16.4 Å². The molecule has 0 aliphatic heterocycles. The van der Waals surface area contributed by atoms with Gasteiger partial charge in [0.25, 0.3) is 0 Å². The molecule has 0 aliphatic rings. The summed E-state index contributed by atoms with van der Waals surface area (Å²) in [5, 5.41) is 7.06. The molecule has 4 N–H and O–H groups in total. The van der Waals surface area contributed by atoms with Crippen molar-refractivity contribution < 1.29 is 14.3 Å². The molecule has 6 nitrogen and oxygen atoms in total. The molecule has 3 rings (SSSR count). The van der Waals surface area contributed by atoms with Gasteiger partial charge in [-0.15, -0.1) is 11.3 Å². The highest BCUT2D eigenvalue weighted by Gasteiger charge is 2.18. The molecule has 0 spiro atoms. The van der Waals surface area contributed by atoms with Gasteiger partial charge in [-0.05, 0) is 55.0 Å². The first-order chi connectivity index (χ1) is 14.5. The number of amides is 1. The summed E-state index contributed by atoms with van der Waals surface area (Å²) in [5.74, 6) is -0.893. The number of carbonyl (C=O) groups is 2. The van der Waals surface area contributed by atoms with Gasteiger partial charge in [0.05, 0.1) is 12.2 Å². The average molecular weight is 440 g/mol. The molecule has 1 amide bonds. The van der Waals surface area contributed by atoms with Crippen LogP contribution in [-0.2, 0) is 11.2 Å². The van der Waals surface area contributed by atoms with Gasteiger partial charge >= 0.3 is 5.97 Å². The fourth-order valence-corrected chi connectivity index (χ4v) is 4.13. The second kappa shape index (κ2) is 10.00. The van der Waals surface area contributed by atoms with Gasteiger partial charge in [0, 0.05) is 22.5 Å². The molecule has 0 saturated carbocycles. The molecule has 8 heteroatoms. The van der Waals surface area contributed by atoms with Crippen molar-refractivity contribution >= 4 is 51.2 Å². The summed E-state index contributed by atoms with van der Waals surface area (Å²) in [7, 11) is 0. The van der Waals surface area contributed by atoms with Gasteiger partial charge in [0.1, 0.15) is 5.00 Å². The third-order valence-corrected chi connectivity index (χ3v) is 5.41. The first kappa shape index (κ1) is 21.5. The van der Waals surface area contributed by atoms with Crippen molar-refractivity contribution in [2.45, 2.75) is 13.3 Å². The molecule has 0 atom stereocenters. The van der Waals surface area contributed by atoms with Crippen LogP contribution in [0.4, 0.5) is 10.7 Å². The minimum Gasteiger partial charge on any atom is -0.462 e. The maximum Gasteiger partial charge on any atom is 0.341 e. The fourth-order valence-electron chi connectivity index (χ4n) is 2.76. The number of anilines is 2. The Kier molecular flexibility index (Phi) is 7.16. The number of nitrogens with two attached hydrogens (primary N) is 1. The van der Waals surface area contributed by atoms with Crippen molar-refractivity contribution in [2.75, 3.05) is 17.2 Å². The predicted molar refractivity (Wildman–Crippen MR) is 124 cm³/mol. The highest BCUT2D eigenvalue weighted by Crippen LogP contribution is 2.31. The Balaban J connectivity index is 1.76. The molecule has 0 radical (unpaired) electrons. The van der Waals surface area contributed by atoms with E-state index in [4.69, 9.17) is 22.7 Å². The maximum absolute atomic E-state index is 12.4. The van der Waals surface area contributed by atoms with Gasteiger partial charge in [-0.1, -0.05) is 30.3 Å². The van der Waals surface area contributed by atoms with E-state index in [-0.39, 0.29) is 6.61 Å². The van der Waals surface area contributed by atoms with E-state index in [0.29, 0.717) is 33.3 Å². The largest absolute Gasteiger partial charge is 0.462 e. The highest BCUT2D eigenvalue weighted by atomic mass is 32.1. The van der Waals surface area contributed by atoms with E-state index in [1.807, 2.05) is 36.4 Å². The van der Waals surface area contributed by atoms with Gasteiger partial charge in [0.15, 0.2) is 5.11 Å². The quantitative estimate of drug-likeness (QED) is 0.373. The molecule has 0 fully saturated rings. The number of primary amides is 1. The molecule has 0 unspecified atom stereocenters. The first-order valence-corrected chi connectivity index (χ1v) is 10.5. The Hall–Kier alpha value is -3.23. The van der Waals surface area contributed by atoms with Crippen LogP contribution in [0.3, 0.4) is 0 Å². The SMILES string of the molecule is CCOC(=O)c1cc(Cc2ccccc2)sc1NC(=S)Nc1ccc(C(N)=O)cc1. The zero-order valence-corrected chi connectivity index (χ0v) is 17.9. The van der Waals surface area contributed by atoms with Gasteiger partial charge in [0.2, 0.25) is 5.91 Å². The van der Waals surface area contributed by atoms with E-state index in [2.05, 4.69) is 10.6 Å². The third kappa shape index (κ3) is 5.65. The number of rotatable bonds is 7. The summed E-state index contributed by atoms with van der Waals surface area (Å²) in [6.07, 6.45) is 0.703. The molecular formula is C22H21N3O3S2. The Labute approximate surface area is 184 Å². The number of carbonyl (C=O) groups excluding carboxylic acids is 2. The molecule has 30 heavy (non-hydrogen) atoms. The monoisotopic (exact) mass is 439 g/mol. The number of nitrogens with one attached hydrogen (secondary N) is 2. The van der Waals surface area contributed by atoms with Crippen LogP contribution in [0, 0.1) is 0 Å². The average Bonchev–Trinajstić information content (AvgIpc) is 3.11. The number of thiophene rings is 1. The standard InChI is InChI=1S/C22H21N3O3S2/c1-2-28-21(27)18-13-17(12-14-6-4-3-5-7-14)30-20(18)25-22(29)24-16-10-8-15(9-11-16)19(23)26/h3-11,13H,2,12H2,1H3,(H2,23,26)(H2,24,25,29). The maximum atomic E-state index is 12.4. The van der Waals surface area contributed by atoms with Gasteiger partial charge in [-0.25, -0.2) is 4.79 Å². The number of esters is 1. The summed E-state index contributed by atoms with van der Waals surface area (Å²) in [4.78, 5) is 24.6. The number of thiocarbonyl (C=S) groups is 1. The van der Waals surface area contributed by atoms with Crippen LogP contribution in [0.15, 0.2) is 60.7 Å². The Bertz CT molecular complexity index is 1050. The van der Waals surface area contributed by atoms with Crippen LogP contribution in [0.2, 0.25) is 0 Å². The summed E-state index contributed by atoms with van der Waals surface area (Å²) in [6.45, 7) is 2.06. The predicted octanol–water partition coefficient (Wildman–Crippen LogP) is 4.42. The number of hydrogen-bond donors (Lipinski definition) is 3. The Morgan fingerprint density at radius 3 is 2.40 bits per heavy atom. The van der Waals surface area contributed by atoms with Gasteiger partial charge in [-0.3, -0.25) is 4.79 Å². The summed E-state index contributed by atoms with van der Waals surface area (Å²) < 4.78 is 5.19. The van der Waals surface area contributed by atoms with E-state index < -0.39 is 11.9 Å². The molecular weight excluding hydrogens is 418 g/mol. The summed E-state index contributed by atoms with van der Waals surface area (Å²) >= 11 is 6.85. The van der Waals surface area contributed by atoms with Crippen molar-refractivity contribution in [1.82, 2.24) is 0 Å². The van der Waals surface area contributed by atoms with E-state index in [9.17, 15) is 9.59 Å². The highest BCUT2D eigenvalue weighted by molar-refractivity contribution is 7.80. The molecule has 2 aromatic carbocycles. The van der Waals surface area contributed by atoms with Crippen LogP contribution >= 0.6 is 23.6 Å². The number of hydrogen-bond acceptors (Lipinski definition) is 5. The van der Waals surface area contributed by atoms with E-state index in [0.717, 1.165) is 10.4 Å². The second-order valence-corrected chi connectivity index (χ2v) is 7.90. The lowest BCUT2D eigenvalue weighted by atomic mass is 10.1. The van der Waals surface area contributed by atoms with Crippen LogP contribution in [0.1, 0.15) is 38.1 Å². The number of benzene rings is 2. The minimum atomic E-state index is -0.495. The zero-order chi connectivity index (χ0) is 21.5. The summed E-state index contributed by atoms with van der Waals surface area (Å²) in [5.41, 5.74) is 7.95. The van der Waals surface area contributed by atoms with Crippen LogP contribution in [0.25, 0.3) is 0 Å². The van der Waals surface area contributed by atoms with Crippen LogP contribution in [0.5, 0.6) is 0 Å². The number of ether oxygens (including phenoxy) is 1. The van der Waals surface area contributed by atoms with Crippen LogP contribution in [-0.4, -0.2) is 23.6 Å². The lowest BCUT2D eigenvalue weighted by molar-refractivity contribution is 0.0528. The third-order valence-electron chi connectivity index (χ3n) is 4.15. The minimum absolute atomic E-state index is 0.289. The molecule has 0 bridgehead atoms. The van der Waals surface area contributed by atoms with Crippen molar-refractivity contribution in [3.05, 3.63) is 82.2 Å². The summed E-state index contributed by atoms with van der Waals surface area (Å²) in [6, 6.07) is 18.5. The zero-order valence-electron chi connectivity index (χ0n) is 16.3. The molecule has 0 saturated heterocycles. The smallest absolute Gasteiger partial charge is 0.341 e. The van der Waals surface area contributed by atoms with Gasteiger partial charge < -0.3 is 21.1 Å². The normalized spacial score (nSPS) is 10.3. The lowest BCUT2D eigenvalue weighted by Gasteiger charge is -2.11.